The van der Waals surface area contributed by atoms with Crippen molar-refractivity contribution >= 4 is 12.2 Å². The Labute approximate surface area is 149 Å². The third-order valence-electron chi connectivity index (χ3n) is 4.74. The normalized spacial score (nSPS) is 12.6. The van der Waals surface area contributed by atoms with Gasteiger partial charge in [-0.3, -0.25) is 0 Å². The zero-order valence-corrected chi connectivity index (χ0v) is 14.8. The molecular weight excluding hydrogens is 338 g/mol. The van der Waals surface area contributed by atoms with E-state index >= 15 is 0 Å². The Hall–Kier alpha value is -2.33. The maximum absolute atomic E-state index is 15.0. The molecule has 0 saturated heterocycles. The third kappa shape index (κ3) is 2.61. The summed E-state index contributed by atoms with van der Waals surface area (Å²) in [6.07, 6.45) is 1.37. The standard InChI is InChI=1S/C21H16F2OS/c1-11-3-5-13(6-4-11)16-10-14-7-8-15-9-12(2)21(25)24-20(15)17(14)19(23)18(16)22/h3-6,9-10H,7-8H2,1-2H3. The number of halogens is 2. The molecular formula is C21H16F2OS. The van der Waals surface area contributed by atoms with E-state index in [4.69, 9.17) is 16.6 Å². The van der Waals surface area contributed by atoms with Crippen molar-refractivity contribution < 1.29 is 13.2 Å². The number of hydrogen-bond donors (Lipinski definition) is 0. The minimum absolute atomic E-state index is 0.209. The van der Waals surface area contributed by atoms with E-state index in [-0.39, 0.29) is 11.1 Å². The highest BCUT2D eigenvalue weighted by atomic mass is 32.1. The molecule has 3 aromatic rings. The van der Waals surface area contributed by atoms with Crippen LogP contribution in [0.4, 0.5) is 8.78 Å². The molecule has 1 heterocycles. The number of aryl methyl sites for hydroxylation is 4. The molecule has 0 aliphatic heterocycles. The van der Waals surface area contributed by atoms with Gasteiger partial charge < -0.3 is 4.42 Å². The Morgan fingerprint density at radius 1 is 0.920 bits per heavy atom. The number of fused-ring (bicyclic) bond motifs is 3. The van der Waals surface area contributed by atoms with E-state index in [1.54, 1.807) is 6.07 Å². The Morgan fingerprint density at radius 3 is 2.32 bits per heavy atom. The first-order valence-electron chi connectivity index (χ1n) is 8.17. The van der Waals surface area contributed by atoms with Gasteiger partial charge in [-0.25, -0.2) is 8.78 Å². The summed E-state index contributed by atoms with van der Waals surface area (Å²) in [4.78, 5) is 0. The van der Waals surface area contributed by atoms with Crippen molar-refractivity contribution in [1.82, 2.24) is 0 Å². The first kappa shape index (κ1) is 16.2. The predicted octanol–water partition coefficient (Wildman–Crippen LogP) is 6.34. The molecule has 25 heavy (non-hydrogen) atoms. The third-order valence-corrected chi connectivity index (χ3v) is 5.15. The van der Waals surface area contributed by atoms with E-state index in [2.05, 4.69) is 0 Å². The highest BCUT2D eigenvalue weighted by Crippen LogP contribution is 2.40. The van der Waals surface area contributed by atoms with E-state index in [1.165, 1.54) is 0 Å². The SMILES string of the molecule is Cc1ccc(-c2cc3c(c(F)c2F)-c2oc(=S)c(C)cc2CC3)cc1. The fraction of sp³-hybridized carbons (Fsp3) is 0.190. The van der Waals surface area contributed by atoms with Gasteiger partial charge >= 0.3 is 0 Å². The van der Waals surface area contributed by atoms with Gasteiger partial charge in [-0.2, -0.15) is 0 Å². The molecule has 0 amide bonds. The van der Waals surface area contributed by atoms with Crippen LogP contribution in [0, 0.1) is 30.2 Å². The van der Waals surface area contributed by atoms with Gasteiger partial charge in [-0.05, 0) is 67.7 Å². The molecule has 2 aromatic carbocycles. The second kappa shape index (κ2) is 5.88. The molecule has 4 heteroatoms. The molecule has 1 aliphatic rings. The van der Waals surface area contributed by atoms with E-state index in [9.17, 15) is 8.78 Å². The topological polar surface area (TPSA) is 13.1 Å². The van der Waals surface area contributed by atoms with E-state index in [1.807, 2.05) is 44.2 Å². The van der Waals surface area contributed by atoms with E-state index in [0.717, 1.165) is 28.7 Å². The largest absolute Gasteiger partial charge is 0.445 e. The lowest BCUT2D eigenvalue weighted by Crippen LogP contribution is -2.09. The predicted molar refractivity (Wildman–Crippen MR) is 97.2 cm³/mol. The molecule has 1 aromatic heterocycles. The lowest BCUT2D eigenvalue weighted by Gasteiger charge is -2.21. The summed E-state index contributed by atoms with van der Waals surface area (Å²) < 4.78 is 35.7. The summed E-state index contributed by atoms with van der Waals surface area (Å²) in [5, 5.41) is 0. The van der Waals surface area contributed by atoms with Crippen molar-refractivity contribution in [2.45, 2.75) is 26.7 Å². The average molecular weight is 354 g/mol. The molecule has 0 unspecified atom stereocenters. The highest BCUT2D eigenvalue weighted by Gasteiger charge is 2.27. The Balaban J connectivity index is 1.96. The minimum atomic E-state index is -0.865. The van der Waals surface area contributed by atoms with Gasteiger partial charge in [0.2, 0.25) is 0 Å². The van der Waals surface area contributed by atoms with Crippen molar-refractivity contribution in [2.75, 3.05) is 0 Å². The highest BCUT2D eigenvalue weighted by molar-refractivity contribution is 7.71. The van der Waals surface area contributed by atoms with Gasteiger partial charge in [0.1, 0.15) is 5.76 Å². The maximum Gasteiger partial charge on any atom is 0.193 e. The summed E-state index contributed by atoms with van der Waals surface area (Å²) in [6.45, 7) is 3.82. The Bertz CT molecular complexity index is 1050. The van der Waals surface area contributed by atoms with Gasteiger partial charge in [-0.15, -0.1) is 0 Å². The van der Waals surface area contributed by atoms with Crippen molar-refractivity contribution in [3.63, 3.8) is 0 Å². The number of hydrogen-bond acceptors (Lipinski definition) is 2. The average Bonchev–Trinajstić information content (AvgIpc) is 2.59. The summed E-state index contributed by atoms with van der Waals surface area (Å²) in [7, 11) is 0. The molecule has 1 aliphatic carbocycles. The van der Waals surface area contributed by atoms with Crippen LogP contribution in [0.3, 0.4) is 0 Å². The number of benzene rings is 2. The van der Waals surface area contributed by atoms with Crippen LogP contribution in [-0.4, -0.2) is 0 Å². The molecule has 0 atom stereocenters. The van der Waals surface area contributed by atoms with Crippen molar-refractivity contribution in [2.24, 2.45) is 0 Å². The fourth-order valence-electron chi connectivity index (χ4n) is 3.36. The molecule has 0 fully saturated rings. The van der Waals surface area contributed by atoms with Crippen molar-refractivity contribution in [1.29, 1.82) is 0 Å². The van der Waals surface area contributed by atoms with Crippen molar-refractivity contribution in [3.05, 3.63) is 75.0 Å². The maximum atomic E-state index is 15.0. The zero-order chi connectivity index (χ0) is 17.7. The second-order valence-electron chi connectivity index (χ2n) is 6.52. The van der Waals surface area contributed by atoms with E-state index in [0.29, 0.717) is 22.5 Å². The van der Waals surface area contributed by atoms with E-state index < -0.39 is 11.6 Å². The molecule has 0 saturated carbocycles. The molecule has 0 bridgehead atoms. The minimum Gasteiger partial charge on any atom is -0.445 e. The van der Waals surface area contributed by atoms with Gasteiger partial charge in [0.25, 0.3) is 0 Å². The van der Waals surface area contributed by atoms with Crippen LogP contribution in [0.5, 0.6) is 0 Å². The van der Waals surface area contributed by atoms with Crippen LogP contribution < -0.4 is 0 Å². The quantitative estimate of drug-likeness (QED) is 0.473. The van der Waals surface area contributed by atoms with Crippen molar-refractivity contribution in [3.8, 4) is 22.5 Å². The molecule has 0 N–H and O–H groups in total. The second-order valence-corrected chi connectivity index (χ2v) is 6.89. The molecule has 1 nitrogen and oxygen atoms in total. The summed E-state index contributed by atoms with van der Waals surface area (Å²) in [6, 6.07) is 11.1. The van der Waals surface area contributed by atoms with Gasteiger partial charge in [-0.1, -0.05) is 29.8 Å². The van der Waals surface area contributed by atoms with Crippen LogP contribution in [0.2, 0.25) is 0 Å². The van der Waals surface area contributed by atoms with Crippen LogP contribution in [-0.2, 0) is 12.8 Å². The van der Waals surface area contributed by atoms with Crippen LogP contribution >= 0.6 is 12.2 Å². The lowest BCUT2D eigenvalue weighted by atomic mass is 9.86. The molecule has 4 rings (SSSR count). The monoisotopic (exact) mass is 354 g/mol. The zero-order valence-electron chi connectivity index (χ0n) is 14.0. The lowest BCUT2D eigenvalue weighted by molar-refractivity contribution is 0.493. The molecule has 0 spiro atoms. The summed E-state index contributed by atoms with van der Waals surface area (Å²) in [5.74, 6) is -1.35. The van der Waals surface area contributed by atoms with Crippen LogP contribution in [0.1, 0.15) is 22.3 Å². The molecule has 0 radical (unpaired) electrons. The molecule has 126 valence electrons. The summed E-state index contributed by atoms with van der Waals surface area (Å²) in [5.41, 5.74) is 4.70. The first-order valence-corrected chi connectivity index (χ1v) is 8.58. The Morgan fingerprint density at radius 2 is 1.60 bits per heavy atom. The fourth-order valence-corrected chi connectivity index (χ4v) is 3.50. The Kier molecular flexibility index (Phi) is 3.80. The van der Waals surface area contributed by atoms with Crippen LogP contribution in [0.25, 0.3) is 22.5 Å². The summed E-state index contributed by atoms with van der Waals surface area (Å²) >= 11 is 5.18. The smallest absolute Gasteiger partial charge is 0.193 e. The van der Waals surface area contributed by atoms with Gasteiger partial charge in [0, 0.05) is 11.1 Å². The van der Waals surface area contributed by atoms with Gasteiger partial charge in [0.15, 0.2) is 16.3 Å². The first-order chi connectivity index (χ1) is 12.0. The van der Waals surface area contributed by atoms with Gasteiger partial charge in [0.05, 0.1) is 5.56 Å². The van der Waals surface area contributed by atoms with Crippen LogP contribution in [0.15, 0.2) is 40.8 Å². The number of rotatable bonds is 1.